The van der Waals surface area contributed by atoms with E-state index in [0.29, 0.717) is 11.0 Å². The lowest BCUT2D eigenvalue weighted by molar-refractivity contribution is 0.723. The van der Waals surface area contributed by atoms with Crippen LogP contribution in [0.25, 0.3) is 0 Å². The fraction of sp³-hybridized carbons (Fsp3) is 0.250. The predicted octanol–water partition coefficient (Wildman–Crippen LogP) is 3.48. The van der Waals surface area contributed by atoms with Gasteiger partial charge in [-0.1, -0.05) is 43.3 Å². The minimum absolute atomic E-state index is 0.404. The first kappa shape index (κ1) is 14.5. The molecular weight excluding hydrogens is 266 g/mol. The highest BCUT2D eigenvalue weighted by Gasteiger charge is 2.05. The summed E-state index contributed by atoms with van der Waals surface area (Å²) in [5.41, 5.74) is 2.27. The predicted molar refractivity (Wildman–Crippen MR) is 88.1 cm³/mol. The lowest BCUT2D eigenvalue weighted by Gasteiger charge is -2.15. The molecule has 0 fully saturated rings. The second kappa shape index (κ2) is 7.01. The summed E-state index contributed by atoms with van der Waals surface area (Å²) in [5.74, 6) is 1.18. The van der Waals surface area contributed by atoms with Crippen LogP contribution in [-0.2, 0) is 0 Å². The van der Waals surface area contributed by atoms with E-state index in [1.165, 1.54) is 5.56 Å². The van der Waals surface area contributed by atoms with Crippen molar-refractivity contribution in [2.24, 2.45) is 0 Å². The van der Waals surface area contributed by atoms with E-state index in [-0.39, 0.29) is 0 Å². The van der Waals surface area contributed by atoms with E-state index in [0.717, 1.165) is 18.1 Å². The first-order valence-electron chi connectivity index (χ1n) is 6.68. The maximum absolute atomic E-state index is 5.29. The maximum atomic E-state index is 5.29. The van der Waals surface area contributed by atoms with Crippen LogP contribution in [0.3, 0.4) is 0 Å². The SMILES string of the molecule is Cc1cccc(NC(=S)NC[C@@H](C)c2ccccc2)n1. The topological polar surface area (TPSA) is 37.0 Å². The lowest BCUT2D eigenvalue weighted by Crippen LogP contribution is -2.31. The molecule has 2 aromatic rings. The third kappa shape index (κ3) is 4.31. The zero-order valence-electron chi connectivity index (χ0n) is 11.8. The number of aromatic nitrogens is 1. The first-order valence-corrected chi connectivity index (χ1v) is 7.09. The molecule has 2 N–H and O–H groups in total. The molecule has 20 heavy (non-hydrogen) atoms. The molecule has 0 spiro atoms. The Morgan fingerprint density at radius 3 is 2.60 bits per heavy atom. The fourth-order valence-corrected chi connectivity index (χ4v) is 2.11. The van der Waals surface area contributed by atoms with Crippen LogP contribution >= 0.6 is 12.2 Å². The van der Waals surface area contributed by atoms with Gasteiger partial charge in [0.05, 0.1) is 0 Å². The molecule has 0 bridgehead atoms. The van der Waals surface area contributed by atoms with Crippen LogP contribution < -0.4 is 10.6 Å². The van der Waals surface area contributed by atoms with Gasteiger partial charge in [-0.2, -0.15) is 0 Å². The molecule has 0 radical (unpaired) electrons. The molecule has 1 aromatic carbocycles. The molecule has 0 aliphatic carbocycles. The van der Waals surface area contributed by atoms with E-state index in [1.807, 2.05) is 31.2 Å². The summed E-state index contributed by atoms with van der Waals surface area (Å²) in [7, 11) is 0. The van der Waals surface area contributed by atoms with E-state index in [9.17, 15) is 0 Å². The van der Waals surface area contributed by atoms with Crippen molar-refractivity contribution in [2.75, 3.05) is 11.9 Å². The Hall–Kier alpha value is -1.94. The molecule has 0 aliphatic rings. The third-order valence-electron chi connectivity index (χ3n) is 3.07. The summed E-state index contributed by atoms with van der Waals surface area (Å²) >= 11 is 5.29. The van der Waals surface area contributed by atoms with Crippen LogP contribution in [0.5, 0.6) is 0 Å². The van der Waals surface area contributed by atoms with Gasteiger partial charge >= 0.3 is 0 Å². The van der Waals surface area contributed by atoms with E-state index in [1.54, 1.807) is 0 Å². The Morgan fingerprint density at radius 1 is 1.15 bits per heavy atom. The Morgan fingerprint density at radius 2 is 1.90 bits per heavy atom. The highest BCUT2D eigenvalue weighted by molar-refractivity contribution is 7.80. The molecule has 3 nitrogen and oxygen atoms in total. The minimum Gasteiger partial charge on any atom is -0.362 e. The van der Waals surface area contributed by atoms with Crippen LogP contribution in [0.2, 0.25) is 0 Å². The molecule has 2 rings (SSSR count). The van der Waals surface area contributed by atoms with Gasteiger partial charge in [0.2, 0.25) is 0 Å². The maximum Gasteiger partial charge on any atom is 0.171 e. The average Bonchev–Trinajstić information content (AvgIpc) is 2.46. The quantitative estimate of drug-likeness (QED) is 0.843. The summed E-state index contributed by atoms with van der Waals surface area (Å²) in [6.07, 6.45) is 0. The number of nitrogens with one attached hydrogen (secondary N) is 2. The summed E-state index contributed by atoms with van der Waals surface area (Å²) in [5, 5.41) is 6.93. The molecule has 0 unspecified atom stereocenters. The van der Waals surface area contributed by atoms with E-state index < -0.39 is 0 Å². The Balaban J connectivity index is 1.83. The van der Waals surface area contributed by atoms with Gasteiger partial charge < -0.3 is 10.6 Å². The summed E-state index contributed by atoms with van der Waals surface area (Å²) in [6.45, 7) is 4.93. The van der Waals surface area contributed by atoms with Gasteiger partial charge in [0.25, 0.3) is 0 Å². The molecule has 4 heteroatoms. The van der Waals surface area contributed by atoms with Gasteiger partial charge in [0, 0.05) is 12.2 Å². The van der Waals surface area contributed by atoms with Gasteiger partial charge in [0.15, 0.2) is 5.11 Å². The molecule has 1 heterocycles. The van der Waals surface area contributed by atoms with E-state index in [2.05, 4.69) is 46.8 Å². The molecule has 1 aromatic heterocycles. The van der Waals surface area contributed by atoms with Crippen LogP contribution in [0.1, 0.15) is 24.1 Å². The number of thiocarbonyl (C=S) groups is 1. The van der Waals surface area contributed by atoms with Crippen molar-refractivity contribution in [2.45, 2.75) is 19.8 Å². The molecule has 0 saturated heterocycles. The zero-order chi connectivity index (χ0) is 14.4. The van der Waals surface area contributed by atoms with Crippen LogP contribution in [0.4, 0.5) is 5.82 Å². The highest BCUT2D eigenvalue weighted by Crippen LogP contribution is 2.13. The molecule has 1 atom stereocenters. The molecule has 0 saturated carbocycles. The monoisotopic (exact) mass is 285 g/mol. The summed E-state index contributed by atoms with van der Waals surface area (Å²) in [6, 6.07) is 16.2. The molecular formula is C16H19N3S. The molecule has 104 valence electrons. The zero-order valence-corrected chi connectivity index (χ0v) is 12.6. The standard InChI is InChI=1S/C16H19N3S/c1-12(14-8-4-3-5-9-14)11-17-16(20)19-15-10-6-7-13(2)18-15/h3-10,12H,11H2,1-2H3,(H2,17,18,19,20)/t12-/m1/s1. The van der Waals surface area contributed by atoms with Gasteiger partial charge in [-0.25, -0.2) is 4.98 Å². The van der Waals surface area contributed by atoms with Crippen molar-refractivity contribution >= 4 is 23.1 Å². The van der Waals surface area contributed by atoms with Crippen molar-refractivity contribution in [1.29, 1.82) is 0 Å². The van der Waals surface area contributed by atoms with Crippen LogP contribution in [0, 0.1) is 6.92 Å². The Kier molecular flexibility index (Phi) is 5.07. The molecule has 0 aliphatic heterocycles. The van der Waals surface area contributed by atoms with Crippen molar-refractivity contribution in [1.82, 2.24) is 10.3 Å². The second-order valence-electron chi connectivity index (χ2n) is 4.81. The van der Waals surface area contributed by atoms with Crippen molar-refractivity contribution in [3.63, 3.8) is 0 Å². The van der Waals surface area contributed by atoms with Gasteiger partial charge in [0.1, 0.15) is 5.82 Å². The van der Waals surface area contributed by atoms with Crippen LogP contribution in [0.15, 0.2) is 48.5 Å². The van der Waals surface area contributed by atoms with E-state index in [4.69, 9.17) is 12.2 Å². The first-order chi connectivity index (χ1) is 9.65. The minimum atomic E-state index is 0.404. The Labute approximate surface area is 125 Å². The summed E-state index contributed by atoms with van der Waals surface area (Å²) in [4.78, 5) is 4.36. The Bertz CT molecular complexity index is 569. The second-order valence-corrected chi connectivity index (χ2v) is 5.22. The van der Waals surface area contributed by atoms with Gasteiger partial charge in [-0.3, -0.25) is 0 Å². The number of pyridine rings is 1. The fourth-order valence-electron chi connectivity index (χ4n) is 1.92. The average molecular weight is 285 g/mol. The normalized spacial score (nSPS) is 11.7. The summed E-state index contributed by atoms with van der Waals surface area (Å²) < 4.78 is 0. The number of benzene rings is 1. The number of aryl methyl sites for hydroxylation is 1. The van der Waals surface area contributed by atoms with Crippen molar-refractivity contribution in [3.05, 3.63) is 59.8 Å². The van der Waals surface area contributed by atoms with Crippen molar-refractivity contribution in [3.8, 4) is 0 Å². The number of anilines is 1. The third-order valence-corrected chi connectivity index (χ3v) is 3.31. The molecule has 0 amide bonds. The number of hydrogen-bond acceptors (Lipinski definition) is 2. The number of hydrogen-bond donors (Lipinski definition) is 2. The van der Waals surface area contributed by atoms with Crippen molar-refractivity contribution < 1.29 is 0 Å². The van der Waals surface area contributed by atoms with Gasteiger partial charge in [-0.15, -0.1) is 0 Å². The smallest absolute Gasteiger partial charge is 0.171 e. The lowest BCUT2D eigenvalue weighted by atomic mass is 10.0. The van der Waals surface area contributed by atoms with Gasteiger partial charge in [-0.05, 0) is 42.8 Å². The number of nitrogens with zero attached hydrogens (tertiary/aromatic N) is 1. The van der Waals surface area contributed by atoms with E-state index >= 15 is 0 Å². The largest absolute Gasteiger partial charge is 0.362 e. The number of rotatable bonds is 4. The highest BCUT2D eigenvalue weighted by atomic mass is 32.1. The van der Waals surface area contributed by atoms with Crippen LogP contribution in [-0.4, -0.2) is 16.6 Å².